The van der Waals surface area contributed by atoms with E-state index in [9.17, 15) is 10.0 Å². The van der Waals surface area contributed by atoms with Crippen molar-refractivity contribution in [3.05, 3.63) is 94.1 Å². The van der Waals surface area contributed by atoms with Crippen molar-refractivity contribution >= 4 is 5.91 Å². The van der Waals surface area contributed by atoms with E-state index in [1.807, 2.05) is 30.0 Å². The normalized spacial score (nSPS) is 16.2. The first-order valence-electron chi connectivity index (χ1n) is 12.4. The largest absolute Gasteiger partial charge is 0.494 e. The summed E-state index contributed by atoms with van der Waals surface area (Å²) in [6.07, 6.45) is 3.93. The molecule has 6 heteroatoms. The minimum Gasteiger partial charge on any atom is -0.494 e. The second-order valence-corrected chi connectivity index (χ2v) is 9.41. The summed E-state index contributed by atoms with van der Waals surface area (Å²) in [7, 11) is 0. The lowest BCUT2D eigenvalue weighted by Gasteiger charge is -2.24. The smallest absolute Gasteiger partial charge is 0.226 e. The monoisotopic (exact) mass is 473 g/mol. The fourth-order valence-corrected chi connectivity index (χ4v) is 4.45. The zero-order valence-corrected chi connectivity index (χ0v) is 20.9. The lowest BCUT2D eigenvalue weighted by atomic mass is 9.95. The molecule has 2 aromatic carbocycles. The molecule has 0 saturated carbocycles. The highest BCUT2D eigenvalue weighted by Gasteiger charge is 2.28. The maximum atomic E-state index is 13.3. The van der Waals surface area contributed by atoms with Crippen molar-refractivity contribution in [1.82, 2.24) is 9.63 Å². The molecule has 0 bridgehead atoms. The van der Waals surface area contributed by atoms with Gasteiger partial charge in [0.15, 0.2) is 5.49 Å². The first-order valence-corrected chi connectivity index (χ1v) is 12.4. The SMILES string of the molecule is CCC1Cc2ccc(OCCCN=c3cc(C)ccn3O)cc2CN(Cc2ccc(C)cc2)C1=O. The van der Waals surface area contributed by atoms with Crippen LogP contribution < -0.4 is 10.2 Å². The first kappa shape index (κ1) is 24.6. The molecule has 1 aromatic heterocycles. The van der Waals surface area contributed by atoms with Crippen LogP contribution in [0.2, 0.25) is 0 Å². The highest BCUT2D eigenvalue weighted by atomic mass is 16.5. The summed E-state index contributed by atoms with van der Waals surface area (Å²) in [5, 5.41) is 9.85. The summed E-state index contributed by atoms with van der Waals surface area (Å²) < 4.78 is 7.05. The van der Waals surface area contributed by atoms with Gasteiger partial charge in [-0.1, -0.05) is 42.8 Å². The van der Waals surface area contributed by atoms with Gasteiger partial charge in [-0.15, -0.1) is 0 Å². The Kier molecular flexibility index (Phi) is 7.91. The van der Waals surface area contributed by atoms with Crippen LogP contribution in [-0.4, -0.2) is 33.9 Å². The lowest BCUT2D eigenvalue weighted by molar-refractivity contribution is -0.136. The fraction of sp³-hybridized carbons (Fsp3) is 0.379. The van der Waals surface area contributed by atoms with Gasteiger partial charge in [-0.05, 0) is 73.2 Å². The number of hydrogen-bond acceptors (Lipinski definition) is 4. The van der Waals surface area contributed by atoms with Gasteiger partial charge in [0, 0.05) is 38.2 Å². The Morgan fingerprint density at radius 1 is 1.03 bits per heavy atom. The van der Waals surface area contributed by atoms with E-state index >= 15 is 0 Å². The molecule has 184 valence electrons. The average Bonchev–Trinajstić information content (AvgIpc) is 2.98. The molecule has 1 atom stereocenters. The third-order valence-corrected chi connectivity index (χ3v) is 6.57. The van der Waals surface area contributed by atoms with Crippen molar-refractivity contribution in [2.24, 2.45) is 10.9 Å². The summed E-state index contributed by atoms with van der Waals surface area (Å²) in [4.78, 5) is 19.7. The third kappa shape index (κ3) is 6.32. The minimum absolute atomic E-state index is 0.00554. The Hall–Kier alpha value is -3.54. The van der Waals surface area contributed by atoms with Gasteiger partial charge in [0.2, 0.25) is 5.91 Å². The third-order valence-electron chi connectivity index (χ3n) is 6.57. The molecule has 0 radical (unpaired) electrons. The molecule has 0 fully saturated rings. The maximum absolute atomic E-state index is 13.3. The van der Waals surface area contributed by atoms with Crippen LogP contribution in [0.3, 0.4) is 0 Å². The standard InChI is InChI=1S/C29H35N3O3/c1-4-24-17-25-10-11-27(35-15-5-13-30-28-16-22(3)12-14-32(28)34)18-26(25)20-31(29(24)33)19-23-8-6-21(2)7-9-23/h6-12,14,16,18,24,34H,4-5,13,15,17,19-20H2,1-3H3. The molecule has 0 saturated heterocycles. The number of pyridine rings is 1. The molecule has 1 N–H and O–H groups in total. The molecule has 0 spiro atoms. The van der Waals surface area contributed by atoms with Crippen molar-refractivity contribution in [2.75, 3.05) is 13.2 Å². The minimum atomic E-state index is 0.00554. The number of carbonyl (C=O) groups is 1. The molecule has 3 aromatic rings. The van der Waals surface area contributed by atoms with Crippen LogP contribution in [0.4, 0.5) is 0 Å². The van der Waals surface area contributed by atoms with Gasteiger partial charge in [0.05, 0.1) is 6.61 Å². The summed E-state index contributed by atoms with van der Waals surface area (Å²) in [5.74, 6) is 1.05. The fourth-order valence-electron chi connectivity index (χ4n) is 4.45. The van der Waals surface area contributed by atoms with Gasteiger partial charge in [0.1, 0.15) is 5.75 Å². The summed E-state index contributed by atoms with van der Waals surface area (Å²) in [6.45, 7) is 8.44. The predicted molar refractivity (Wildman–Crippen MR) is 136 cm³/mol. The van der Waals surface area contributed by atoms with E-state index in [1.54, 1.807) is 6.20 Å². The van der Waals surface area contributed by atoms with E-state index in [4.69, 9.17) is 4.74 Å². The van der Waals surface area contributed by atoms with Crippen molar-refractivity contribution in [2.45, 2.75) is 53.1 Å². The molecular formula is C29H35N3O3. The molecule has 1 amide bonds. The van der Waals surface area contributed by atoms with Gasteiger partial charge < -0.3 is 14.8 Å². The van der Waals surface area contributed by atoms with Crippen molar-refractivity contribution in [3.8, 4) is 5.75 Å². The number of carbonyl (C=O) groups excluding carboxylic acids is 1. The van der Waals surface area contributed by atoms with Gasteiger partial charge >= 0.3 is 0 Å². The number of nitrogens with zero attached hydrogens (tertiary/aromatic N) is 3. The number of rotatable bonds is 8. The van der Waals surface area contributed by atoms with E-state index in [0.717, 1.165) is 46.4 Å². The van der Waals surface area contributed by atoms with E-state index in [0.29, 0.717) is 31.7 Å². The van der Waals surface area contributed by atoms with Crippen LogP contribution in [-0.2, 0) is 24.3 Å². The molecule has 1 unspecified atom stereocenters. The van der Waals surface area contributed by atoms with Crippen LogP contribution in [0, 0.1) is 19.8 Å². The van der Waals surface area contributed by atoms with E-state index in [-0.39, 0.29) is 11.8 Å². The van der Waals surface area contributed by atoms with Gasteiger partial charge in [-0.25, -0.2) is 0 Å². The topological polar surface area (TPSA) is 67.1 Å². The van der Waals surface area contributed by atoms with Crippen LogP contribution in [0.1, 0.15) is 47.6 Å². The van der Waals surface area contributed by atoms with Crippen LogP contribution in [0.5, 0.6) is 5.75 Å². The van der Waals surface area contributed by atoms with Crippen LogP contribution in [0.25, 0.3) is 0 Å². The molecule has 4 rings (SSSR count). The first-order chi connectivity index (χ1) is 16.9. The second-order valence-electron chi connectivity index (χ2n) is 9.41. The van der Waals surface area contributed by atoms with Crippen molar-refractivity contribution < 1.29 is 14.7 Å². The predicted octanol–water partition coefficient (Wildman–Crippen LogP) is 4.82. The molecule has 2 heterocycles. The maximum Gasteiger partial charge on any atom is 0.226 e. The molecule has 1 aliphatic rings. The highest BCUT2D eigenvalue weighted by Crippen LogP contribution is 2.29. The Morgan fingerprint density at radius 2 is 1.83 bits per heavy atom. The average molecular weight is 474 g/mol. The molecule has 1 aliphatic heterocycles. The number of aromatic nitrogens is 1. The number of benzene rings is 2. The molecule has 0 aliphatic carbocycles. The van der Waals surface area contributed by atoms with Crippen molar-refractivity contribution in [1.29, 1.82) is 0 Å². The van der Waals surface area contributed by atoms with Crippen LogP contribution in [0.15, 0.2) is 65.8 Å². The van der Waals surface area contributed by atoms with Gasteiger partial charge in [-0.2, -0.15) is 4.73 Å². The number of amides is 1. The highest BCUT2D eigenvalue weighted by molar-refractivity contribution is 5.80. The molecule has 35 heavy (non-hydrogen) atoms. The number of aryl methyl sites for hydroxylation is 2. The Balaban J connectivity index is 1.42. The lowest BCUT2D eigenvalue weighted by Crippen LogP contribution is -2.33. The van der Waals surface area contributed by atoms with E-state index in [1.165, 1.54) is 11.1 Å². The Bertz CT molecular complexity index is 1230. The van der Waals surface area contributed by atoms with E-state index < -0.39 is 0 Å². The van der Waals surface area contributed by atoms with Gasteiger partial charge in [0.25, 0.3) is 0 Å². The van der Waals surface area contributed by atoms with E-state index in [2.05, 4.69) is 55.2 Å². The van der Waals surface area contributed by atoms with Gasteiger partial charge in [-0.3, -0.25) is 9.79 Å². The quantitative estimate of drug-likeness (QED) is 0.377. The number of ether oxygens (including phenoxy) is 1. The number of hydrogen-bond donors (Lipinski definition) is 1. The molecular weight excluding hydrogens is 438 g/mol. The summed E-state index contributed by atoms with van der Waals surface area (Å²) >= 11 is 0. The summed E-state index contributed by atoms with van der Waals surface area (Å²) in [5.41, 5.74) is 6.35. The summed E-state index contributed by atoms with van der Waals surface area (Å²) in [6, 6.07) is 18.3. The Morgan fingerprint density at radius 3 is 2.60 bits per heavy atom. The Labute approximate surface area is 207 Å². The van der Waals surface area contributed by atoms with Crippen molar-refractivity contribution in [3.63, 3.8) is 0 Å². The second kappa shape index (κ2) is 11.3. The number of fused-ring (bicyclic) bond motifs is 1. The van der Waals surface area contributed by atoms with Crippen LogP contribution >= 0.6 is 0 Å². The molecule has 6 nitrogen and oxygen atoms in total. The zero-order chi connectivity index (χ0) is 24.8. The zero-order valence-electron chi connectivity index (χ0n) is 20.9.